The average Bonchev–Trinajstić information content (AvgIpc) is 2.92. The summed E-state index contributed by atoms with van der Waals surface area (Å²) in [6.07, 6.45) is 4.89. The molecule has 0 aliphatic rings. The minimum Gasteiger partial charge on any atom is -0.469 e. The molecular weight excluding hydrogens is 234 g/mol. The van der Waals surface area contributed by atoms with Crippen molar-refractivity contribution in [1.82, 2.24) is 5.32 Å². The summed E-state index contributed by atoms with van der Waals surface area (Å²) in [6.45, 7) is 4.33. The highest BCUT2D eigenvalue weighted by Crippen LogP contribution is 2.14. The summed E-state index contributed by atoms with van der Waals surface area (Å²) in [7, 11) is 2.04. The largest absolute Gasteiger partial charge is 0.469 e. The highest BCUT2D eigenvalue weighted by Gasteiger charge is 2.09. The molecule has 1 N–H and O–H groups in total. The van der Waals surface area contributed by atoms with E-state index in [1.807, 2.05) is 19.2 Å². The Kier molecular flexibility index (Phi) is 4.80. The number of nitrogens with one attached hydrogen (secondary N) is 1. The van der Waals surface area contributed by atoms with Crippen LogP contribution in [0.1, 0.15) is 28.9 Å². The molecule has 0 aliphatic heterocycles. The highest BCUT2D eigenvalue weighted by atomic mass is 16.3. The Bertz CT molecular complexity index is 502. The van der Waals surface area contributed by atoms with Crippen molar-refractivity contribution in [2.75, 3.05) is 7.05 Å². The Morgan fingerprint density at radius 3 is 2.63 bits per heavy atom. The van der Waals surface area contributed by atoms with Gasteiger partial charge >= 0.3 is 0 Å². The molecule has 0 amide bonds. The molecule has 2 heteroatoms. The molecule has 1 atom stereocenters. The molecule has 0 aliphatic carbocycles. The maximum atomic E-state index is 5.39. The van der Waals surface area contributed by atoms with Crippen LogP contribution in [0.3, 0.4) is 0 Å². The minimum atomic E-state index is 0.493. The summed E-state index contributed by atoms with van der Waals surface area (Å²) in [4.78, 5) is 0. The van der Waals surface area contributed by atoms with Gasteiger partial charge in [-0.15, -0.1) is 0 Å². The molecular formula is C17H23NO. The van der Waals surface area contributed by atoms with E-state index in [-0.39, 0.29) is 0 Å². The van der Waals surface area contributed by atoms with Crippen LogP contribution in [0.2, 0.25) is 0 Å². The predicted octanol–water partition coefficient (Wildman–Crippen LogP) is 3.66. The first kappa shape index (κ1) is 13.9. The standard InChI is InChI=1S/C17H23NO/c1-13-6-7-15(11-14(13)2)12-16(18-3)8-9-17-5-4-10-19-17/h4-7,10-11,16,18H,8-9,12H2,1-3H3. The van der Waals surface area contributed by atoms with Gasteiger partial charge in [0.1, 0.15) is 5.76 Å². The first-order chi connectivity index (χ1) is 9.19. The molecule has 1 aromatic carbocycles. The van der Waals surface area contributed by atoms with Crippen LogP contribution in [0.5, 0.6) is 0 Å². The zero-order valence-electron chi connectivity index (χ0n) is 12.1. The van der Waals surface area contributed by atoms with E-state index in [0.29, 0.717) is 6.04 Å². The Labute approximate surface area is 115 Å². The number of hydrogen-bond acceptors (Lipinski definition) is 2. The second-order valence-corrected chi connectivity index (χ2v) is 5.23. The summed E-state index contributed by atoms with van der Waals surface area (Å²) >= 11 is 0. The molecule has 0 saturated heterocycles. The second kappa shape index (κ2) is 6.58. The SMILES string of the molecule is CNC(CCc1ccco1)Cc1ccc(C)c(C)c1. The molecule has 1 aromatic heterocycles. The smallest absolute Gasteiger partial charge is 0.103 e. The van der Waals surface area contributed by atoms with Crippen molar-refractivity contribution >= 4 is 0 Å². The number of aryl methyl sites for hydroxylation is 3. The fourth-order valence-electron chi connectivity index (χ4n) is 2.33. The molecule has 2 nitrogen and oxygen atoms in total. The first-order valence-electron chi connectivity index (χ1n) is 6.95. The van der Waals surface area contributed by atoms with Crippen molar-refractivity contribution in [2.24, 2.45) is 0 Å². The van der Waals surface area contributed by atoms with Crippen LogP contribution in [0.25, 0.3) is 0 Å². The molecule has 19 heavy (non-hydrogen) atoms. The van der Waals surface area contributed by atoms with E-state index in [9.17, 15) is 0 Å². The predicted molar refractivity (Wildman–Crippen MR) is 79.5 cm³/mol. The van der Waals surface area contributed by atoms with E-state index >= 15 is 0 Å². The van der Waals surface area contributed by atoms with Gasteiger partial charge in [0.25, 0.3) is 0 Å². The quantitative estimate of drug-likeness (QED) is 0.854. The lowest BCUT2D eigenvalue weighted by Gasteiger charge is -2.16. The molecule has 102 valence electrons. The maximum Gasteiger partial charge on any atom is 0.103 e. The van der Waals surface area contributed by atoms with E-state index in [1.54, 1.807) is 6.26 Å². The lowest BCUT2D eigenvalue weighted by molar-refractivity contribution is 0.460. The van der Waals surface area contributed by atoms with Gasteiger partial charge in [0.05, 0.1) is 6.26 Å². The van der Waals surface area contributed by atoms with Gasteiger partial charge in [0.15, 0.2) is 0 Å². The van der Waals surface area contributed by atoms with Crippen molar-refractivity contribution < 1.29 is 4.42 Å². The van der Waals surface area contributed by atoms with Gasteiger partial charge < -0.3 is 9.73 Å². The normalized spacial score (nSPS) is 12.6. The lowest BCUT2D eigenvalue weighted by atomic mass is 9.98. The summed E-state index contributed by atoms with van der Waals surface area (Å²) < 4.78 is 5.39. The van der Waals surface area contributed by atoms with Crippen molar-refractivity contribution in [3.63, 3.8) is 0 Å². The van der Waals surface area contributed by atoms with Crippen molar-refractivity contribution in [3.05, 3.63) is 59.0 Å². The topological polar surface area (TPSA) is 25.2 Å². The fourth-order valence-corrected chi connectivity index (χ4v) is 2.33. The van der Waals surface area contributed by atoms with Crippen LogP contribution < -0.4 is 5.32 Å². The molecule has 0 saturated carbocycles. The van der Waals surface area contributed by atoms with Crippen LogP contribution >= 0.6 is 0 Å². The number of furan rings is 1. The zero-order valence-corrected chi connectivity index (χ0v) is 12.1. The minimum absolute atomic E-state index is 0.493. The molecule has 0 radical (unpaired) electrons. The van der Waals surface area contributed by atoms with Gasteiger partial charge in [-0.3, -0.25) is 0 Å². The second-order valence-electron chi connectivity index (χ2n) is 5.23. The highest BCUT2D eigenvalue weighted by molar-refractivity contribution is 5.30. The summed E-state index contributed by atoms with van der Waals surface area (Å²) in [5.74, 6) is 1.07. The van der Waals surface area contributed by atoms with Gasteiger partial charge in [0.2, 0.25) is 0 Å². The molecule has 1 unspecified atom stereocenters. The first-order valence-corrected chi connectivity index (χ1v) is 6.95. The Hall–Kier alpha value is -1.54. The van der Waals surface area contributed by atoms with Crippen LogP contribution in [0, 0.1) is 13.8 Å². The summed E-state index contributed by atoms with van der Waals surface area (Å²) in [6, 6.07) is 11.2. The zero-order chi connectivity index (χ0) is 13.7. The van der Waals surface area contributed by atoms with Gasteiger partial charge in [-0.05, 0) is 62.6 Å². The van der Waals surface area contributed by atoms with Gasteiger partial charge in [-0.2, -0.15) is 0 Å². The Morgan fingerprint density at radius 1 is 1.16 bits per heavy atom. The van der Waals surface area contributed by atoms with Crippen LogP contribution in [0.4, 0.5) is 0 Å². The third-order valence-corrected chi connectivity index (χ3v) is 3.78. The number of likely N-dealkylation sites (N-methyl/N-ethyl adjacent to an activating group) is 1. The molecule has 0 bridgehead atoms. The maximum absolute atomic E-state index is 5.39. The number of hydrogen-bond donors (Lipinski definition) is 1. The number of rotatable bonds is 6. The van der Waals surface area contributed by atoms with Gasteiger partial charge in [0, 0.05) is 12.5 Å². The van der Waals surface area contributed by atoms with E-state index in [4.69, 9.17) is 4.42 Å². The molecule has 2 rings (SSSR count). The fraction of sp³-hybridized carbons (Fsp3) is 0.412. The molecule has 0 spiro atoms. The number of benzene rings is 1. The third kappa shape index (κ3) is 3.97. The van der Waals surface area contributed by atoms with Crippen molar-refractivity contribution in [2.45, 2.75) is 39.2 Å². The summed E-state index contributed by atoms with van der Waals surface area (Å²) in [5, 5.41) is 3.41. The van der Waals surface area contributed by atoms with Crippen LogP contribution in [-0.2, 0) is 12.8 Å². The third-order valence-electron chi connectivity index (χ3n) is 3.78. The lowest BCUT2D eigenvalue weighted by Crippen LogP contribution is -2.28. The van der Waals surface area contributed by atoms with E-state index in [2.05, 4.69) is 37.4 Å². The molecule has 2 aromatic rings. The monoisotopic (exact) mass is 257 g/mol. The van der Waals surface area contributed by atoms with Crippen molar-refractivity contribution in [3.8, 4) is 0 Å². The molecule has 0 fully saturated rings. The van der Waals surface area contributed by atoms with Crippen LogP contribution in [-0.4, -0.2) is 13.1 Å². The Balaban J connectivity index is 1.92. The van der Waals surface area contributed by atoms with Gasteiger partial charge in [-0.1, -0.05) is 18.2 Å². The van der Waals surface area contributed by atoms with E-state index in [0.717, 1.165) is 25.0 Å². The van der Waals surface area contributed by atoms with Crippen molar-refractivity contribution in [1.29, 1.82) is 0 Å². The van der Waals surface area contributed by atoms with Crippen LogP contribution in [0.15, 0.2) is 41.0 Å². The summed E-state index contributed by atoms with van der Waals surface area (Å²) in [5.41, 5.74) is 4.14. The van der Waals surface area contributed by atoms with E-state index in [1.165, 1.54) is 16.7 Å². The van der Waals surface area contributed by atoms with E-state index < -0.39 is 0 Å². The molecule has 1 heterocycles. The van der Waals surface area contributed by atoms with Gasteiger partial charge in [-0.25, -0.2) is 0 Å². The average molecular weight is 257 g/mol. The Morgan fingerprint density at radius 2 is 2.00 bits per heavy atom.